The molecular weight excluding hydrogens is 312 g/mol. The maximum atomic E-state index is 11.8. The van der Waals surface area contributed by atoms with E-state index in [1.54, 1.807) is 31.2 Å². The predicted octanol–water partition coefficient (Wildman–Crippen LogP) is 1.64. The lowest BCUT2D eigenvalue weighted by atomic mass is 10.0. The third kappa shape index (κ3) is 5.26. The molecule has 1 aliphatic carbocycles. The van der Waals surface area contributed by atoms with Crippen LogP contribution in [0.4, 0.5) is 5.69 Å². The van der Waals surface area contributed by atoms with Gasteiger partial charge in [0.2, 0.25) is 5.91 Å². The van der Waals surface area contributed by atoms with Crippen LogP contribution in [0.2, 0.25) is 0 Å². The second kappa shape index (κ2) is 7.81. The summed E-state index contributed by atoms with van der Waals surface area (Å²) in [5.41, 5.74) is 0.623. The number of carbonyl (C=O) groups excluding carboxylic acids is 2. The smallest absolute Gasteiger partial charge is 0.308 e. The van der Waals surface area contributed by atoms with Gasteiger partial charge in [-0.25, -0.2) is 0 Å². The minimum Gasteiger partial charge on any atom is -0.484 e. The zero-order chi connectivity index (χ0) is 17.7. The Kier molecular flexibility index (Phi) is 5.78. The van der Waals surface area contributed by atoms with Crippen molar-refractivity contribution >= 4 is 23.5 Å². The van der Waals surface area contributed by atoms with Crippen LogP contribution in [0.3, 0.4) is 0 Å². The SMILES string of the molecule is CC(NC(=O)COc1cccc(NC(=O)C2CC2)c1)C(C)C(=O)O. The zero-order valence-electron chi connectivity index (χ0n) is 13.7. The van der Waals surface area contributed by atoms with Gasteiger partial charge in [0, 0.05) is 23.7 Å². The number of carbonyl (C=O) groups is 3. The quantitative estimate of drug-likeness (QED) is 0.670. The van der Waals surface area contributed by atoms with Gasteiger partial charge in [-0.15, -0.1) is 0 Å². The number of benzene rings is 1. The monoisotopic (exact) mass is 334 g/mol. The molecule has 24 heavy (non-hydrogen) atoms. The summed E-state index contributed by atoms with van der Waals surface area (Å²) >= 11 is 0. The first kappa shape index (κ1) is 17.8. The molecule has 0 saturated heterocycles. The van der Waals surface area contributed by atoms with Crippen LogP contribution in [0.25, 0.3) is 0 Å². The van der Waals surface area contributed by atoms with Crippen molar-refractivity contribution in [2.45, 2.75) is 32.7 Å². The van der Waals surface area contributed by atoms with Gasteiger partial charge in [0.25, 0.3) is 5.91 Å². The number of hydrogen-bond acceptors (Lipinski definition) is 4. The second-order valence-corrected chi connectivity index (χ2v) is 6.06. The highest BCUT2D eigenvalue weighted by atomic mass is 16.5. The number of hydrogen-bond donors (Lipinski definition) is 3. The lowest BCUT2D eigenvalue weighted by molar-refractivity contribution is -0.142. The molecular formula is C17H22N2O5. The number of carboxylic acid groups (broad SMARTS) is 1. The molecule has 1 saturated carbocycles. The van der Waals surface area contributed by atoms with E-state index < -0.39 is 23.8 Å². The zero-order valence-corrected chi connectivity index (χ0v) is 13.7. The Hall–Kier alpha value is -2.57. The summed E-state index contributed by atoms with van der Waals surface area (Å²) in [6.07, 6.45) is 1.85. The Labute approximate surface area is 140 Å². The molecule has 0 bridgehead atoms. The highest BCUT2D eigenvalue weighted by Crippen LogP contribution is 2.30. The molecule has 0 aromatic heterocycles. The summed E-state index contributed by atoms with van der Waals surface area (Å²) in [7, 11) is 0. The number of amides is 2. The van der Waals surface area contributed by atoms with Crippen molar-refractivity contribution in [3.05, 3.63) is 24.3 Å². The van der Waals surface area contributed by atoms with Gasteiger partial charge in [-0.2, -0.15) is 0 Å². The fraction of sp³-hybridized carbons (Fsp3) is 0.471. The molecule has 0 radical (unpaired) electrons. The van der Waals surface area contributed by atoms with Crippen LogP contribution in [0.5, 0.6) is 5.75 Å². The van der Waals surface area contributed by atoms with E-state index in [-0.39, 0.29) is 18.4 Å². The molecule has 1 fully saturated rings. The van der Waals surface area contributed by atoms with Crippen molar-refractivity contribution in [3.63, 3.8) is 0 Å². The number of rotatable bonds is 8. The van der Waals surface area contributed by atoms with Crippen LogP contribution in [0.15, 0.2) is 24.3 Å². The number of anilines is 1. The van der Waals surface area contributed by atoms with Gasteiger partial charge in [0.15, 0.2) is 6.61 Å². The van der Waals surface area contributed by atoms with Crippen molar-refractivity contribution in [3.8, 4) is 5.75 Å². The molecule has 0 heterocycles. The molecule has 130 valence electrons. The minimum atomic E-state index is -0.970. The van der Waals surface area contributed by atoms with E-state index in [4.69, 9.17) is 9.84 Å². The average Bonchev–Trinajstić information content (AvgIpc) is 3.37. The average molecular weight is 334 g/mol. The predicted molar refractivity (Wildman–Crippen MR) is 87.7 cm³/mol. The molecule has 1 aromatic rings. The summed E-state index contributed by atoms with van der Waals surface area (Å²) in [5.74, 6) is -1.49. The van der Waals surface area contributed by atoms with Gasteiger partial charge in [-0.3, -0.25) is 14.4 Å². The van der Waals surface area contributed by atoms with E-state index in [1.807, 2.05) is 0 Å². The summed E-state index contributed by atoms with van der Waals surface area (Å²) < 4.78 is 5.40. The Bertz CT molecular complexity index is 627. The summed E-state index contributed by atoms with van der Waals surface area (Å²) in [6.45, 7) is 2.93. The van der Waals surface area contributed by atoms with Crippen molar-refractivity contribution in [2.75, 3.05) is 11.9 Å². The molecule has 2 unspecified atom stereocenters. The lowest BCUT2D eigenvalue weighted by Crippen LogP contribution is -2.42. The number of aliphatic carboxylic acids is 1. The van der Waals surface area contributed by atoms with Crippen molar-refractivity contribution in [2.24, 2.45) is 11.8 Å². The molecule has 7 nitrogen and oxygen atoms in total. The van der Waals surface area contributed by atoms with Crippen LogP contribution < -0.4 is 15.4 Å². The highest BCUT2D eigenvalue weighted by Gasteiger charge is 2.29. The lowest BCUT2D eigenvalue weighted by Gasteiger charge is -2.18. The molecule has 1 aromatic carbocycles. The van der Waals surface area contributed by atoms with Crippen LogP contribution in [-0.4, -0.2) is 35.5 Å². The Balaban J connectivity index is 1.81. The fourth-order valence-electron chi connectivity index (χ4n) is 2.04. The van der Waals surface area contributed by atoms with Crippen LogP contribution in [-0.2, 0) is 14.4 Å². The summed E-state index contributed by atoms with van der Waals surface area (Å²) in [4.78, 5) is 34.4. The van der Waals surface area contributed by atoms with Gasteiger partial charge >= 0.3 is 5.97 Å². The molecule has 7 heteroatoms. The summed E-state index contributed by atoms with van der Waals surface area (Å²) in [5, 5.41) is 14.3. The number of nitrogens with one attached hydrogen (secondary N) is 2. The van der Waals surface area contributed by atoms with E-state index in [0.717, 1.165) is 12.8 Å². The standard InChI is InChI=1S/C17H22N2O5/c1-10(17(22)23)11(2)18-15(20)9-24-14-5-3-4-13(8-14)19-16(21)12-6-7-12/h3-5,8,10-12H,6-7,9H2,1-2H3,(H,18,20)(H,19,21)(H,22,23). The van der Waals surface area contributed by atoms with Gasteiger partial charge in [0.1, 0.15) is 5.75 Å². The first-order chi connectivity index (χ1) is 11.4. The van der Waals surface area contributed by atoms with E-state index in [2.05, 4.69) is 10.6 Å². The van der Waals surface area contributed by atoms with Gasteiger partial charge < -0.3 is 20.5 Å². The number of carboxylic acids is 1. The van der Waals surface area contributed by atoms with Crippen molar-refractivity contribution < 1.29 is 24.2 Å². The third-order valence-electron chi connectivity index (χ3n) is 3.95. The highest BCUT2D eigenvalue weighted by molar-refractivity contribution is 5.94. The molecule has 1 aliphatic rings. The van der Waals surface area contributed by atoms with Crippen LogP contribution in [0.1, 0.15) is 26.7 Å². The molecule has 3 N–H and O–H groups in total. The van der Waals surface area contributed by atoms with Crippen LogP contribution >= 0.6 is 0 Å². The van der Waals surface area contributed by atoms with E-state index in [1.165, 1.54) is 6.92 Å². The summed E-state index contributed by atoms with van der Waals surface area (Å²) in [6, 6.07) is 6.32. The Morgan fingerprint density at radius 1 is 1.29 bits per heavy atom. The Morgan fingerprint density at radius 2 is 2.00 bits per heavy atom. The molecule has 0 spiro atoms. The van der Waals surface area contributed by atoms with Gasteiger partial charge in [0.05, 0.1) is 5.92 Å². The van der Waals surface area contributed by atoms with E-state index >= 15 is 0 Å². The molecule has 2 atom stereocenters. The van der Waals surface area contributed by atoms with Crippen LogP contribution in [0, 0.1) is 11.8 Å². The van der Waals surface area contributed by atoms with Crippen molar-refractivity contribution in [1.82, 2.24) is 5.32 Å². The second-order valence-electron chi connectivity index (χ2n) is 6.06. The normalized spacial score (nSPS) is 15.9. The molecule has 2 rings (SSSR count). The maximum Gasteiger partial charge on any atom is 0.308 e. The largest absolute Gasteiger partial charge is 0.484 e. The minimum absolute atomic E-state index is 0.00127. The van der Waals surface area contributed by atoms with Crippen molar-refractivity contribution in [1.29, 1.82) is 0 Å². The Morgan fingerprint density at radius 3 is 2.62 bits per heavy atom. The fourth-order valence-corrected chi connectivity index (χ4v) is 2.04. The van der Waals surface area contributed by atoms with E-state index in [0.29, 0.717) is 11.4 Å². The molecule has 0 aliphatic heterocycles. The first-order valence-corrected chi connectivity index (χ1v) is 7.92. The number of ether oxygens (including phenoxy) is 1. The van der Waals surface area contributed by atoms with Gasteiger partial charge in [-0.1, -0.05) is 6.07 Å². The maximum absolute atomic E-state index is 11.8. The van der Waals surface area contributed by atoms with E-state index in [9.17, 15) is 14.4 Å². The topological polar surface area (TPSA) is 105 Å². The first-order valence-electron chi connectivity index (χ1n) is 7.92. The molecule has 2 amide bonds. The van der Waals surface area contributed by atoms with Gasteiger partial charge in [-0.05, 0) is 38.8 Å². The third-order valence-corrected chi connectivity index (χ3v) is 3.95.